The second kappa shape index (κ2) is 4.91. The zero-order valence-corrected chi connectivity index (χ0v) is 10.3. The topological polar surface area (TPSA) is 87.1 Å². The smallest absolute Gasteiger partial charge is 0.410 e. The lowest BCUT2D eigenvalue weighted by molar-refractivity contribution is -0.149. The summed E-state index contributed by atoms with van der Waals surface area (Å²) in [6.07, 6.45) is -0.966. The third-order valence-electron chi connectivity index (χ3n) is 2.54. The van der Waals surface area contributed by atoms with Gasteiger partial charge in [0, 0.05) is 6.54 Å². The summed E-state index contributed by atoms with van der Waals surface area (Å²) >= 11 is 0. The lowest BCUT2D eigenvalue weighted by atomic mass is 10.1. The number of amides is 1. The Labute approximate surface area is 100 Å². The Balaban J connectivity index is 2.69. The molecule has 0 aliphatic carbocycles. The molecule has 0 bridgehead atoms. The molecule has 1 heterocycles. The van der Waals surface area contributed by atoms with Crippen LogP contribution in [-0.4, -0.2) is 51.5 Å². The fourth-order valence-electron chi connectivity index (χ4n) is 1.83. The van der Waals surface area contributed by atoms with Crippen LogP contribution in [0.25, 0.3) is 0 Å². The van der Waals surface area contributed by atoms with E-state index in [0.717, 1.165) is 0 Å². The Kier molecular flexibility index (Phi) is 3.98. The number of aliphatic hydroxyl groups is 1. The number of carbonyl (C=O) groups is 2. The zero-order valence-electron chi connectivity index (χ0n) is 10.3. The summed E-state index contributed by atoms with van der Waals surface area (Å²) in [6, 6.07) is -0.692. The first kappa shape index (κ1) is 13.8. The summed E-state index contributed by atoms with van der Waals surface area (Å²) in [6.45, 7) is 5.64. The molecule has 6 nitrogen and oxygen atoms in total. The van der Waals surface area contributed by atoms with Gasteiger partial charge in [-0.1, -0.05) is 0 Å². The Morgan fingerprint density at radius 1 is 1.41 bits per heavy atom. The first-order valence-electron chi connectivity index (χ1n) is 5.63. The molecule has 1 saturated heterocycles. The molecular formula is C11H19NO5. The van der Waals surface area contributed by atoms with Crippen molar-refractivity contribution in [3.63, 3.8) is 0 Å². The van der Waals surface area contributed by atoms with Crippen molar-refractivity contribution < 1.29 is 24.5 Å². The van der Waals surface area contributed by atoms with E-state index < -0.39 is 29.8 Å². The third-order valence-corrected chi connectivity index (χ3v) is 2.54. The van der Waals surface area contributed by atoms with Crippen molar-refractivity contribution in [2.45, 2.75) is 51.4 Å². The highest BCUT2D eigenvalue weighted by Gasteiger charge is 2.39. The van der Waals surface area contributed by atoms with Gasteiger partial charge in [0.15, 0.2) is 6.10 Å². The lowest BCUT2D eigenvalue weighted by Gasteiger charge is -2.29. The monoisotopic (exact) mass is 245 g/mol. The van der Waals surface area contributed by atoms with Gasteiger partial charge in [-0.2, -0.15) is 0 Å². The number of nitrogens with zero attached hydrogens (tertiary/aromatic N) is 1. The molecule has 1 rings (SSSR count). The average Bonchev–Trinajstić information content (AvgIpc) is 2.61. The maximum absolute atomic E-state index is 11.8. The van der Waals surface area contributed by atoms with E-state index in [0.29, 0.717) is 19.4 Å². The number of carboxylic acids is 1. The SMILES string of the molecule is CC(C)(C)OC(=O)N1CCCC1C(O)C(=O)O. The number of carboxylic acid groups (broad SMARTS) is 1. The van der Waals surface area contributed by atoms with E-state index >= 15 is 0 Å². The van der Waals surface area contributed by atoms with E-state index in [1.807, 2.05) is 0 Å². The number of likely N-dealkylation sites (tertiary alicyclic amines) is 1. The van der Waals surface area contributed by atoms with Crippen LogP contribution in [0, 0.1) is 0 Å². The second-order valence-electron chi connectivity index (χ2n) is 5.17. The van der Waals surface area contributed by atoms with Gasteiger partial charge in [0.25, 0.3) is 0 Å². The van der Waals surface area contributed by atoms with Gasteiger partial charge in [-0.15, -0.1) is 0 Å². The highest BCUT2D eigenvalue weighted by Crippen LogP contribution is 2.23. The molecule has 0 radical (unpaired) electrons. The van der Waals surface area contributed by atoms with Crippen LogP contribution in [0.1, 0.15) is 33.6 Å². The third kappa shape index (κ3) is 3.59. The summed E-state index contributed by atoms with van der Waals surface area (Å²) in [5.41, 5.74) is -0.627. The number of hydrogen-bond donors (Lipinski definition) is 2. The van der Waals surface area contributed by atoms with E-state index in [-0.39, 0.29) is 0 Å². The van der Waals surface area contributed by atoms with E-state index in [1.54, 1.807) is 20.8 Å². The Morgan fingerprint density at radius 3 is 2.47 bits per heavy atom. The number of carbonyl (C=O) groups excluding carboxylic acids is 1. The molecule has 0 saturated carbocycles. The molecule has 1 amide bonds. The maximum atomic E-state index is 11.8. The number of aliphatic hydroxyl groups excluding tert-OH is 1. The molecule has 0 aromatic carbocycles. The van der Waals surface area contributed by atoms with Gasteiger partial charge in [0.05, 0.1) is 6.04 Å². The standard InChI is InChI=1S/C11H19NO5/c1-11(2,3)17-10(16)12-6-4-5-7(12)8(13)9(14)15/h7-8,13H,4-6H2,1-3H3,(H,14,15). The van der Waals surface area contributed by atoms with E-state index in [4.69, 9.17) is 9.84 Å². The van der Waals surface area contributed by atoms with Gasteiger partial charge >= 0.3 is 12.1 Å². The minimum atomic E-state index is -1.55. The van der Waals surface area contributed by atoms with Crippen molar-refractivity contribution in [3.05, 3.63) is 0 Å². The first-order valence-corrected chi connectivity index (χ1v) is 5.63. The van der Waals surface area contributed by atoms with E-state index in [9.17, 15) is 14.7 Å². The van der Waals surface area contributed by atoms with Crippen molar-refractivity contribution >= 4 is 12.1 Å². The Morgan fingerprint density at radius 2 is 2.00 bits per heavy atom. The van der Waals surface area contributed by atoms with Crippen LogP contribution < -0.4 is 0 Å². The molecule has 1 aliphatic heterocycles. The quantitative estimate of drug-likeness (QED) is 0.752. The van der Waals surface area contributed by atoms with Crippen molar-refractivity contribution in [2.24, 2.45) is 0 Å². The van der Waals surface area contributed by atoms with Gasteiger partial charge in [0.2, 0.25) is 0 Å². The first-order chi connectivity index (χ1) is 7.72. The molecular weight excluding hydrogens is 226 g/mol. The van der Waals surface area contributed by atoms with Crippen LogP contribution in [0.5, 0.6) is 0 Å². The normalized spacial score (nSPS) is 22.4. The van der Waals surface area contributed by atoms with Gasteiger partial charge < -0.3 is 19.8 Å². The van der Waals surface area contributed by atoms with Crippen molar-refractivity contribution in [1.29, 1.82) is 0 Å². The van der Waals surface area contributed by atoms with Gasteiger partial charge in [-0.3, -0.25) is 0 Å². The average molecular weight is 245 g/mol. The van der Waals surface area contributed by atoms with Crippen LogP contribution in [0.4, 0.5) is 4.79 Å². The van der Waals surface area contributed by atoms with Gasteiger partial charge in [-0.25, -0.2) is 9.59 Å². The largest absolute Gasteiger partial charge is 0.479 e. The van der Waals surface area contributed by atoms with Crippen LogP contribution in [-0.2, 0) is 9.53 Å². The molecule has 2 N–H and O–H groups in total. The molecule has 1 aliphatic rings. The number of hydrogen-bond acceptors (Lipinski definition) is 4. The zero-order chi connectivity index (χ0) is 13.2. The highest BCUT2D eigenvalue weighted by molar-refractivity contribution is 5.75. The molecule has 0 spiro atoms. The highest BCUT2D eigenvalue weighted by atomic mass is 16.6. The van der Waals surface area contributed by atoms with Crippen LogP contribution >= 0.6 is 0 Å². The molecule has 2 atom stereocenters. The number of aliphatic carboxylic acids is 1. The Hall–Kier alpha value is -1.30. The molecule has 0 aromatic rings. The predicted molar refractivity (Wildman–Crippen MR) is 59.6 cm³/mol. The second-order valence-corrected chi connectivity index (χ2v) is 5.17. The number of ether oxygens (including phenoxy) is 1. The van der Waals surface area contributed by atoms with Crippen LogP contribution in [0.2, 0.25) is 0 Å². The summed E-state index contributed by atoms with van der Waals surface area (Å²) < 4.78 is 5.16. The number of rotatable bonds is 2. The van der Waals surface area contributed by atoms with Crippen LogP contribution in [0.3, 0.4) is 0 Å². The van der Waals surface area contributed by atoms with Gasteiger partial charge in [-0.05, 0) is 33.6 Å². The van der Waals surface area contributed by atoms with Crippen molar-refractivity contribution in [3.8, 4) is 0 Å². The summed E-state index contributed by atoms with van der Waals surface area (Å²) in [5.74, 6) is -1.31. The fraction of sp³-hybridized carbons (Fsp3) is 0.818. The van der Waals surface area contributed by atoms with Crippen molar-refractivity contribution in [1.82, 2.24) is 4.90 Å². The van der Waals surface area contributed by atoms with E-state index in [1.165, 1.54) is 4.90 Å². The molecule has 17 heavy (non-hydrogen) atoms. The maximum Gasteiger partial charge on any atom is 0.410 e. The lowest BCUT2D eigenvalue weighted by Crippen LogP contribution is -2.47. The van der Waals surface area contributed by atoms with E-state index in [2.05, 4.69) is 0 Å². The van der Waals surface area contributed by atoms with Crippen molar-refractivity contribution in [2.75, 3.05) is 6.54 Å². The van der Waals surface area contributed by atoms with Crippen LogP contribution in [0.15, 0.2) is 0 Å². The Bertz CT molecular complexity index is 309. The summed E-state index contributed by atoms with van der Waals surface area (Å²) in [7, 11) is 0. The molecule has 98 valence electrons. The fourth-order valence-corrected chi connectivity index (χ4v) is 1.83. The molecule has 2 unspecified atom stereocenters. The molecule has 0 aromatic heterocycles. The molecule has 6 heteroatoms. The summed E-state index contributed by atoms with van der Waals surface area (Å²) in [5, 5.41) is 18.2. The molecule has 1 fully saturated rings. The minimum absolute atomic E-state index is 0.421. The predicted octanol–water partition coefficient (Wildman–Crippen LogP) is 0.831. The van der Waals surface area contributed by atoms with Gasteiger partial charge in [0.1, 0.15) is 5.60 Å². The summed E-state index contributed by atoms with van der Waals surface area (Å²) in [4.78, 5) is 23.8. The minimum Gasteiger partial charge on any atom is -0.479 e.